The molecule has 7 heteroatoms. The molecule has 19 heavy (non-hydrogen) atoms. The van der Waals surface area contributed by atoms with E-state index in [-0.39, 0.29) is 4.90 Å². The number of ether oxygens (including phenoxy) is 1. The van der Waals surface area contributed by atoms with Gasteiger partial charge in [-0.25, -0.2) is 8.42 Å². The Bertz CT molecular complexity index is 546. The van der Waals surface area contributed by atoms with E-state index in [9.17, 15) is 13.5 Å². The monoisotopic (exact) mass is 286 g/mol. The summed E-state index contributed by atoms with van der Waals surface area (Å²) in [7, 11) is -0.784. The first kappa shape index (κ1) is 14.3. The lowest BCUT2D eigenvalue weighted by Crippen LogP contribution is -2.44. The Hall–Kier alpha value is -1.15. The number of likely N-dealkylation sites (N-methyl/N-ethyl adjacent to an activating group) is 1. The van der Waals surface area contributed by atoms with Gasteiger partial charge in [-0.1, -0.05) is 12.1 Å². The van der Waals surface area contributed by atoms with Gasteiger partial charge in [0.25, 0.3) is 0 Å². The van der Waals surface area contributed by atoms with E-state index in [1.54, 1.807) is 18.2 Å². The summed E-state index contributed by atoms with van der Waals surface area (Å²) >= 11 is 0. The standard InChI is InChI=1S/C12H18N2O4S/c1-14(9-7-13-8-10(9)15)19(16,17)12-6-4-3-5-11(12)18-2/h3-6,9-10,13,15H,7-8H2,1-2H3/t9-,10-/m0/s1. The molecule has 0 radical (unpaired) electrons. The van der Waals surface area contributed by atoms with Crippen molar-refractivity contribution < 1.29 is 18.3 Å². The first-order chi connectivity index (χ1) is 8.98. The maximum atomic E-state index is 12.6. The van der Waals surface area contributed by atoms with Gasteiger partial charge in [-0.05, 0) is 12.1 Å². The second kappa shape index (κ2) is 5.46. The predicted octanol–water partition coefficient (Wildman–Crippen LogP) is -0.352. The Morgan fingerprint density at radius 2 is 2.05 bits per heavy atom. The summed E-state index contributed by atoms with van der Waals surface area (Å²) in [6, 6.07) is 6.00. The lowest BCUT2D eigenvalue weighted by Gasteiger charge is -2.26. The number of hydrogen-bond donors (Lipinski definition) is 2. The minimum absolute atomic E-state index is 0.110. The maximum absolute atomic E-state index is 12.6. The van der Waals surface area contributed by atoms with Crippen LogP contribution < -0.4 is 10.1 Å². The number of aliphatic hydroxyl groups is 1. The second-order valence-electron chi connectivity index (χ2n) is 4.47. The molecule has 2 N–H and O–H groups in total. The minimum Gasteiger partial charge on any atom is -0.495 e. The lowest BCUT2D eigenvalue weighted by molar-refractivity contribution is 0.136. The fraction of sp³-hybridized carbons (Fsp3) is 0.500. The number of benzene rings is 1. The molecule has 0 bridgehead atoms. The molecular weight excluding hydrogens is 268 g/mol. The lowest BCUT2D eigenvalue weighted by atomic mass is 10.2. The van der Waals surface area contributed by atoms with E-state index >= 15 is 0 Å². The summed E-state index contributed by atoms with van der Waals surface area (Å²) in [4.78, 5) is 0.110. The zero-order chi connectivity index (χ0) is 14.0. The van der Waals surface area contributed by atoms with Crippen LogP contribution in [0, 0.1) is 0 Å². The van der Waals surface area contributed by atoms with Crippen LogP contribution >= 0.6 is 0 Å². The van der Waals surface area contributed by atoms with Gasteiger partial charge in [-0.2, -0.15) is 4.31 Å². The molecule has 0 aliphatic carbocycles. The summed E-state index contributed by atoms with van der Waals surface area (Å²) in [6.07, 6.45) is -0.700. The third kappa shape index (κ3) is 2.59. The van der Waals surface area contributed by atoms with E-state index in [2.05, 4.69) is 5.32 Å². The fourth-order valence-electron chi connectivity index (χ4n) is 2.19. The molecule has 0 saturated carbocycles. The van der Waals surface area contributed by atoms with Crippen molar-refractivity contribution in [3.63, 3.8) is 0 Å². The van der Waals surface area contributed by atoms with Gasteiger partial charge < -0.3 is 15.2 Å². The van der Waals surface area contributed by atoms with E-state index < -0.39 is 22.2 Å². The number of aliphatic hydroxyl groups excluding tert-OH is 1. The van der Waals surface area contributed by atoms with Crippen LogP contribution in [0.15, 0.2) is 29.2 Å². The smallest absolute Gasteiger partial charge is 0.246 e. The van der Waals surface area contributed by atoms with E-state index in [0.29, 0.717) is 18.8 Å². The number of rotatable bonds is 4. The van der Waals surface area contributed by atoms with Crippen molar-refractivity contribution in [3.05, 3.63) is 24.3 Å². The van der Waals surface area contributed by atoms with Crippen LogP contribution in [0.3, 0.4) is 0 Å². The predicted molar refractivity (Wildman–Crippen MR) is 70.6 cm³/mol. The summed E-state index contributed by atoms with van der Waals surface area (Å²) in [5.74, 6) is 0.301. The number of nitrogens with one attached hydrogen (secondary N) is 1. The van der Waals surface area contributed by atoms with Gasteiger partial charge in [-0.3, -0.25) is 0 Å². The molecular formula is C12H18N2O4S. The van der Waals surface area contributed by atoms with E-state index in [4.69, 9.17) is 4.74 Å². The molecule has 2 atom stereocenters. The number of methoxy groups -OCH3 is 1. The molecule has 1 saturated heterocycles. The van der Waals surface area contributed by atoms with Gasteiger partial charge in [-0.15, -0.1) is 0 Å². The van der Waals surface area contributed by atoms with Crippen LogP contribution in [0.5, 0.6) is 5.75 Å². The van der Waals surface area contributed by atoms with Gasteiger partial charge in [0.2, 0.25) is 10.0 Å². The van der Waals surface area contributed by atoms with Crippen molar-refractivity contribution in [2.24, 2.45) is 0 Å². The summed E-state index contributed by atoms with van der Waals surface area (Å²) < 4.78 is 31.4. The van der Waals surface area contributed by atoms with Crippen LogP contribution in [0.1, 0.15) is 0 Å². The molecule has 1 heterocycles. The van der Waals surface area contributed by atoms with Crippen LogP contribution in [0.2, 0.25) is 0 Å². The summed E-state index contributed by atoms with van der Waals surface area (Å²) in [5.41, 5.74) is 0. The largest absolute Gasteiger partial charge is 0.495 e. The molecule has 0 spiro atoms. The zero-order valence-corrected chi connectivity index (χ0v) is 11.7. The van der Waals surface area contributed by atoms with Gasteiger partial charge in [0.15, 0.2) is 0 Å². The van der Waals surface area contributed by atoms with Crippen molar-refractivity contribution in [2.45, 2.75) is 17.0 Å². The maximum Gasteiger partial charge on any atom is 0.246 e. The highest BCUT2D eigenvalue weighted by Gasteiger charge is 2.36. The average Bonchev–Trinajstić information content (AvgIpc) is 2.83. The Morgan fingerprint density at radius 1 is 1.37 bits per heavy atom. The summed E-state index contributed by atoms with van der Waals surface area (Å²) in [6.45, 7) is 0.836. The highest BCUT2D eigenvalue weighted by atomic mass is 32.2. The minimum atomic E-state index is -3.69. The zero-order valence-electron chi connectivity index (χ0n) is 10.9. The number of β-amino-alcohol motifs (C(OH)–C–C–N with tert-alkyl or cyclic N) is 1. The topological polar surface area (TPSA) is 78.9 Å². The molecule has 6 nitrogen and oxygen atoms in total. The molecule has 1 fully saturated rings. The summed E-state index contributed by atoms with van der Waals surface area (Å²) in [5, 5.41) is 12.8. The highest BCUT2D eigenvalue weighted by molar-refractivity contribution is 7.89. The van der Waals surface area contributed by atoms with Gasteiger partial charge >= 0.3 is 0 Å². The van der Waals surface area contributed by atoms with Gasteiger partial charge in [0.05, 0.1) is 19.3 Å². The second-order valence-corrected chi connectivity index (χ2v) is 6.43. The molecule has 1 aliphatic heterocycles. The Labute approximate surface area is 113 Å². The molecule has 1 aliphatic rings. The van der Waals surface area contributed by atoms with Crippen LogP contribution in [0.25, 0.3) is 0 Å². The molecule has 2 rings (SSSR count). The van der Waals surface area contributed by atoms with Crippen LogP contribution in [0.4, 0.5) is 0 Å². The fourth-order valence-corrected chi connectivity index (χ4v) is 3.73. The van der Waals surface area contributed by atoms with Gasteiger partial charge in [0, 0.05) is 20.1 Å². The molecule has 0 aromatic heterocycles. The number of hydrogen-bond acceptors (Lipinski definition) is 5. The Balaban J connectivity index is 2.36. The molecule has 106 valence electrons. The van der Waals surface area contributed by atoms with Crippen LogP contribution in [-0.4, -0.2) is 57.2 Å². The van der Waals surface area contributed by atoms with E-state index in [1.165, 1.54) is 24.5 Å². The van der Waals surface area contributed by atoms with Crippen molar-refractivity contribution >= 4 is 10.0 Å². The van der Waals surface area contributed by atoms with E-state index in [1.807, 2.05) is 0 Å². The first-order valence-corrected chi connectivity index (χ1v) is 7.42. The third-order valence-corrected chi connectivity index (χ3v) is 5.27. The first-order valence-electron chi connectivity index (χ1n) is 5.98. The number of sulfonamides is 1. The third-order valence-electron chi connectivity index (χ3n) is 3.34. The quantitative estimate of drug-likeness (QED) is 0.791. The highest BCUT2D eigenvalue weighted by Crippen LogP contribution is 2.27. The number of para-hydroxylation sites is 1. The SMILES string of the molecule is COc1ccccc1S(=O)(=O)N(C)[C@H]1CNC[C@@H]1O. The van der Waals surface area contributed by atoms with Crippen molar-refractivity contribution in [2.75, 3.05) is 27.2 Å². The van der Waals surface area contributed by atoms with Crippen molar-refractivity contribution in [1.29, 1.82) is 0 Å². The molecule has 0 amide bonds. The van der Waals surface area contributed by atoms with Crippen LogP contribution in [-0.2, 0) is 10.0 Å². The van der Waals surface area contributed by atoms with Crippen molar-refractivity contribution in [1.82, 2.24) is 9.62 Å². The number of nitrogens with zero attached hydrogens (tertiary/aromatic N) is 1. The van der Waals surface area contributed by atoms with Crippen molar-refractivity contribution in [3.8, 4) is 5.75 Å². The average molecular weight is 286 g/mol. The normalized spacial score (nSPS) is 23.8. The Kier molecular flexibility index (Phi) is 4.10. The van der Waals surface area contributed by atoms with E-state index in [0.717, 1.165) is 0 Å². The van der Waals surface area contributed by atoms with Gasteiger partial charge in [0.1, 0.15) is 10.6 Å². The Morgan fingerprint density at radius 3 is 2.63 bits per heavy atom. The molecule has 1 aromatic rings. The molecule has 0 unspecified atom stereocenters. The molecule has 1 aromatic carbocycles.